The first-order chi connectivity index (χ1) is 18.9. The molecule has 0 saturated heterocycles. The zero-order valence-electron chi connectivity index (χ0n) is 20.1. The normalized spacial score (nSPS) is 10.8. The van der Waals surface area contributed by atoms with E-state index in [0.29, 0.717) is 39.2 Å². The Labute approximate surface area is 225 Å². The Morgan fingerprint density at radius 1 is 0.846 bits per heavy atom. The van der Waals surface area contributed by atoms with Crippen LogP contribution in [0.1, 0.15) is 15.9 Å². The Bertz CT molecular complexity index is 1620. The minimum absolute atomic E-state index is 0.0454. The predicted octanol–water partition coefficient (Wildman–Crippen LogP) is 6.67. The number of thioether (sulfide) groups is 1. The quantitative estimate of drug-likeness (QED) is 0.133. The number of anilines is 1. The maximum atomic E-state index is 13.6. The number of benzene rings is 4. The van der Waals surface area contributed by atoms with Crippen molar-refractivity contribution in [2.24, 2.45) is 0 Å². The number of carbonyl (C=O) groups is 1. The number of nitro benzene ring substituents is 1. The molecule has 1 aromatic heterocycles. The second kappa shape index (κ2) is 11.2. The van der Waals surface area contributed by atoms with Crippen LogP contribution in [0.4, 0.5) is 20.2 Å². The molecule has 1 heterocycles. The van der Waals surface area contributed by atoms with Gasteiger partial charge in [0.05, 0.1) is 4.92 Å². The summed E-state index contributed by atoms with van der Waals surface area (Å²) in [7, 11) is 0. The molecule has 0 unspecified atom stereocenters. The second-order valence-corrected chi connectivity index (χ2v) is 9.31. The Morgan fingerprint density at radius 2 is 1.46 bits per heavy atom. The van der Waals surface area contributed by atoms with Crippen LogP contribution in [0.25, 0.3) is 17.1 Å². The van der Waals surface area contributed by atoms with Crippen molar-refractivity contribution in [1.29, 1.82) is 0 Å². The van der Waals surface area contributed by atoms with Crippen molar-refractivity contribution in [2.75, 3.05) is 5.32 Å². The highest BCUT2D eigenvalue weighted by Gasteiger charge is 2.18. The highest BCUT2D eigenvalue weighted by Crippen LogP contribution is 2.31. The van der Waals surface area contributed by atoms with Gasteiger partial charge in [-0.3, -0.25) is 19.5 Å². The van der Waals surface area contributed by atoms with Crippen molar-refractivity contribution >= 4 is 29.0 Å². The Morgan fingerprint density at radius 3 is 2.08 bits per heavy atom. The zero-order valence-corrected chi connectivity index (χ0v) is 20.9. The summed E-state index contributed by atoms with van der Waals surface area (Å²) in [5.74, 6) is -0.137. The molecule has 0 bridgehead atoms. The van der Waals surface area contributed by atoms with Gasteiger partial charge in [0.2, 0.25) is 0 Å². The fourth-order valence-corrected chi connectivity index (χ4v) is 4.65. The average Bonchev–Trinajstić information content (AvgIpc) is 3.38. The van der Waals surface area contributed by atoms with Crippen LogP contribution in [0.15, 0.2) is 102 Å². The summed E-state index contributed by atoms with van der Waals surface area (Å²) in [6.45, 7) is 0. The molecular weight excluding hydrogens is 524 g/mol. The molecule has 0 spiro atoms. The van der Waals surface area contributed by atoms with Crippen LogP contribution in [0, 0.1) is 21.7 Å². The third-order valence-electron chi connectivity index (χ3n) is 5.74. The fraction of sp³-hybridized carbons (Fsp3) is 0.0357. The van der Waals surface area contributed by atoms with Crippen molar-refractivity contribution in [3.8, 4) is 17.1 Å². The van der Waals surface area contributed by atoms with Crippen molar-refractivity contribution in [1.82, 2.24) is 14.8 Å². The molecule has 39 heavy (non-hydrogen) atoms. The molecule has 194 valence electrons. The lowest BCUT2D eigenvalue weighted by molar-refractivity contribution is -0.384. The van der Waals surface area contributed by atoms with Crippen molar-refractivity contribution in [3.63, 3.8) is 0 Å². The lowest BCUT2D eigenvalue weighted by Crippen LogP contribution is -2.11. The third-order valence-corrected chi connectivity index (χ3v) is 6.74. The van der Waals surface area contributed by atoms with E-state index in [9.17, 15) is 23.7 Å². The van der Waals surface area contributed by atoms with E-state index in [1.54, 1.807) is 41.0 Å². The number of halogens is 2. The molecule has 8 nitrogen and oxygen atoms in total. The predicted molar refractivity (Wildman–Crippen MR) is 144 cm³/mol. The highest BCUT2D eigenvalue weighted by atomic mass is 32.2. The number of rotatable bonds is 8. The van der Waals surface area contributed by atoms with E-state index in [4.69, 9.17) is 0 Å². The van der Waals surface area contributed by atoms with Gasteiger partial charge in [0.1, 0.15) is 11.6 Å². The van der Waals surface area contributed by atoms with Crippen molar-refractivity contribution in [2.45, 2.75) is 10.9 Å². The first kappa shape index (κ1) is 25.7. The van der Waals surface area contributed by atoms with Crippen LogP contribution < -0.4 is 5.32 Å². The van der Waals surface area contributed by atoms with Crippen molar-refractivity contribution in [3.05, 3.63) is 130 Å². The molecule has 0 saturated carbocycles. The van der Waals surface area contributed by atoms with Crippen molar-refractivity contribution < 1.29 is 18.5 Å². The molecular formula is C28H19F2N5O3S. The van der Waals surface area contributed by atoms with E-state index in [1.807, 2.05) is 12.1 Å². The number of amides is 1. The fourth-order valence-electron chi connectivity index (χ4n) is 3.74. The number of nitrogens with zero attached hydrogens (tertiary/aromatic N) is 4. The van der Waals surface area contributed by atoms with Crippen LogP contribution in [0.2, 0.25) is 0 Å². The summed E-state index contributed by atoms with van der Waals surface area (Å²) in [6, 6.07) is 24.4. The van der Waals surface area contributed by atoms with Gasteiger partial charge in [-0.15, -0.1) is 10.2 Å². The summed E-state index contributed by atoms with van der Waals surface area (Å²) >= 11 is 1.39. The molecule has 1 N–H and O–H groups in total. The van der Waals surface area contributed by atoms with E-state index in [2.05, 4.69) is 15.5 Å². The number of hydrogen-bond acceptors (Lipinski definition) is 6. The molecule has 0 fully saturated rings. The summed E-state index contributed by atoms with van der Waals surface area (Å²) in [6.07, 6.45) is 0. The van der Waals surface area contributed by atoms with E-state index < -0.39 is 4.92 Å². The minimum atomic E-state index is -0.479. The van der Waals surface area contributed by atoms with Gasteiger partial charge in [-0.2, -0.15) is 0 Å². The zero-order chi connectivity index (χ0) is 27.4. The summed E-state index contributed by atoms with van der Waals surface area (Å²) in [5, 5.41) is 22.9. The number of non-ortho nitro benzene ring substituents is 1. The maximum absolute atomic E-state index is 13.6. The van der Waals surface area contributed by atoms with Gasteiger partial charge in [0.15, 0.2) is 11.0 Å². The van der Waals surface area contributed by atoms with Crippen LogP contribution in [-0.2, 0) is 5.75 Å². The number of aromatic nitrogens is 3. The van der Waals surface area contributed by atoms with Gasteiger partial charge >= 0.3 is 0 Å². The summed E-state index contributed by atoms with van der Waals surface area (Å²) in [5.41, 5.74) is 3.05. The number of nitro groups is 1. The lowest BCUT2D eigenvalue weighted by Gasteiger charge is -2.11. The Balaban J connectivity index is 1.35. The molecule has 0 aliphatic carbocycles. The summed E-state index contributed by atoms with van der Waals surface area (Å²) in [4.78, 5) is 23.1. The van der Waals surface area contributed by atoms with Crippen LogP contribution in [-0.4, -0.2) is 25.6 Å². The van der Waals surface area contributed by atoms with E-state index in [0.717, 1.165) is 5.56 Å². The average molecular weight is 544 g/mol. The van der Waals surface area contributed by atoms with Crippen LogP contribution in [0.3, 0.4) is 0 Å². The smallest absolute Gasteiger partial charge is 0.269 e. The van der Waals surface area contributed by atoms with Crippen LogP contribution >= 0.6 is 11.8 Å². The van der Waals surface area contributed by atoms with Gasteiger partial charge in [0, 0.05) is 40.4 Å². The number of carbonyl (C=O) groups excluding carboxylic acids is 1. The first-order valence-electron chi connectivity index (χ1n) is 11.6. The Kier molecular flexibility index (Phi) is 7.41. The highest BCUT2D eigenvalue weighted by molar-refractivity contribution is 7.98. The minimum Gasteiger partial charge on any atom is -0.322 e. The molecule has 0 aliphatic heterocycles. The first-order valence-corrected chi connectivity index (χ1v) is 12.6. The lowest BCUT2D eigenvalue weighted by atomic mass is 10.1. The molecule has 11 heteroatoms. The van der Waals surface area contributed by atoms with E-state index in [-0.39, 0.29) is 23.2 Å². The topological polar surface area (TPSA) is 103 Å². The molecule has 1 amide bonds. The van der Waals surface area contributed by atoms with E-state index >= 15 is 0 Å². The second-order valence-electron chi connectivity index (χ2n) is 8.37. The van der Waals surface area contributed by atoms with Gasteiger partial charge in [0.25, 0.3) is 11.6 Å². The molecule has 5 aromatic rings. The molecule has 0 aliphatic rings. The number of nitrogens with one attached hydrogen (secondary N) is 1. The maximum Gasteiger partial charge on any atom is 0.269 e. The van der Waals surface area contributed by atoms with Gasteiger partial charge in [-0.1, -0.05) is 23.9 Å². The molecule has 5 rings (SSSR count). The number of hydrogen-bond donors (Lipinski definition) is 1. The Hall–Kier alpha value is -4.90. The van der Waals surface area contributed by atoms with Gasteiger partial charge in [-0.05, 0) is 78.4 Å². The SMILES string of the molecule is O=C(Nc1ccc(F)cc1)c1ccc(CSc2nnc(-c3ccc([N+](=O)[O-])cc3)n2-c2ccc(F)cc2)cc1. The molecule has 4 aromatic carbocycles. The largest absolute Gasteiger partial charge is 0.322 e. The third kappa shape index (κ3) is 5.99. The van der Waals surface area contributed by atoms with E-state index in [1.165, 1.54) is 60.3 Å². The standard InChI is InChI=1S/C28H19F2N5O3S/c29-21-7-11-23(12-8-21)31-27(36)20-3-1-18(2-4-20)17-39-28-33-32-26(19-5-13-25(14-6-19)35(37)38)34(28)24-15-9-22(30)10-16-24/h1-16H,17H2,(H,31,36). The van der Waals surface area contributed by atoms with Crippen LogP contribution in [0.5, 0.6) is 0 Å². The van der Waals surface area contributed by atoms with Gasteiger partial charge in [-0.25, -0.2) is 8.78 Å². The monoisotopic (exact) mass is 543 g/mol. The summed E-state index contributed by atoms with van der Waals surface area (Å²) < 4.78 is 28.5. The van der Waals surface area contributed by atoms with Gasteiger partial charge < -0.3 is 5.32 Å². The molecule has 0 atom stereocenters. The molecule has 0 radical (unpaired) electrons.